The minimum absolute atomic E-state index is 0.162. The normalized spacial score (nSPS) is 12.6. The smallest absolute Gasteiger partial charge is 0.406 e. The second-order valence-corrected chi connectivity index (χ2v) is 5.86. The number of hydrogen-bond acceptors (Lipinski definition) is 2. The highest BCUT2D eigenvalue weighted by Crippen LogP contribution is 2.32. The summed E-state index contributed by atoms with van der Waals surface area (Å²) in [4.78, 5) is 0. The van der Waals surface area contributed by atoms with Crippen molar-refractivity contribution in [2.75, 3.05) is 6.54 Å². The van der Waals surface area contributed by atoms with Crippen molar-refractivity contribution in [2.45, 2.75) is 51.8 Å². The fraction of sp³-hybridized carbons (Fsp3) is 0.600. The molecule has 0 amide bonds. The first-order valence-corrected chi connectivity index (χ1v) is 6.73. The number of halogens is 3. The van der Waals surface area contributed by atoms with Crippen LogP contribution in [0.1, 0.15) is 44.7 Å². The topological polar surface area (TPSA) is 35.2 Å². The predicted molar refractivity (Wildman–Crippen MR) is 73.8 cm³/mol. The first-order chi connectivity index (χ1) is 9.13. The van der Waals surface area contributed by atoms with Crippen LogP contribution in [0.5, 0.6) is 5.75 Å². The fourth-order valence-electron chi connectivity index (χ4n) is 2.13. The van der Waals surface area contributed by atoms with Crippen LogP contribution in [-0.4, -0.2) is 12.9 Å². The molecule has 0 spiro atoms. The summed E-state index contributed by atoms with van der Waals surface area (Å²) < 4.78 is 40.8. The molecule has 0 bridgehead atoms. The average Bonchev–Trinajstić information content (AvgIpc) is 2.27. The number of rotatable bonds is 5. The van der Waals surface area contributed by atoms with Gasteiger partial charge in [-0.05, 0) is 54.5 Å². The molecule has 114 valence electrons. The maximum Gasteiger partial charge on any atom is 0.573 e. The number of hydrogen-bond donors (Lipinski definition) is 1. The van der Waals surface area contributed by atoms with Crippen molar-refractivity contribution >= 4 is 0 Å². The molecule has 2 nitrogen and oxygen atoms in total. The van der Waals surface area contributed by atoms with E-state index >= 15 is 0 Å². The van der Waals surface area contributed by atoms with E-state index in [1.54, 1.807) is 6.07 Å². The molecule has 1 aromatic rings. The number of unbranched alkanes of at least 4 members (excludes halogenated alkanes) is 1. The van der Waals surface area contributed by atoms with Crippen molar-refractivity contribution < 1.29 is 17.9 Å². The van der Waals surface area contributed by atoms with Crippen LogP contribution in [0, 0.1) is 0 Å². The van der Waals surface area contributed by atoms with Gasteiger partial charge in [0.15, 0.2) is 0 Å². The van der Waals surface area contributed by atoms with E-state index in [9.17, 15) is 13.2 Å². The summed E-state index contributed by atoms with van der Waals surface area (Å²) in [5.41, 5.74) is 7.17. The molecule has 0 aliphatic carbocycles. The zero-order valence-electron chi connectivity index (χ0n) is 12.2. The number of alkyl halides is 3. The van der Waals surface area contributed by atoms with E-state index in [-0.39, 0.29) is 11.2 Å². The van der Waals surface area contributed by atoms with Gasteiger partial charge in [-0.25, -0.2) is 0 Å². The summed E-state index contributed by atoms with van der Waals surface area (Å²) in [5.74, 6) is -0.162. The number of nitrogens with two attached hydrogens (primary N) is 1. The van der Waals surface area contributed by atoms with E-state index < -0.39 is 6.36 Å². The molecule has 2 N–H and O–H groups in total. The van der Waals surface area contributed by atoms with Gasteiger partial charge >= 0.3 is 6.36 Å². The number of ether oxygens (including phenoxy) is 1. The first-order valence-electron chi connectivity index (χ1n) is 6.73. The summed E-state index contributed by atoms with van der Waals surface area (Å²) in [6, 6.07) is 4.59. The van der Waals surface area contributed by atoms with Crippen LogP contribution in [-0.2, 0) is 11.8 Å². The van der Waals surface area contributed by atoms with Crippen LogP contribution in [0.4, 0.5) is 13.2 Å². The Labute approximate surface area is 118 Å². The van der Waals surface area contributed by atoms with E-state index in [0.717, 1.165) is 30.4 Å². The van der Waals surface area contributed by atoms with Crippen LogP contribution >= 0.6 is 0 Å². The Bertz CT molecular complexity index is 436. The van der Waals surface area contributed by atoms with E-state index in [0.29, 0.717) is 6.54 Å². The van der Waals surface area contributed by atoms with E-state index in [2.05, 4.69) is 4.74 Å². The van der Waals surface area contributed by atoms with Crippen molar-refractivity contribution in [1.29, 1.82) is 0 Å². The molecule has 0 saturated carbocycles. The zero-order valence-corrected chi connectivity index (χ0v) is 12.2. The van der Waals surface area contributed by atoms with Gasteiger partial charge in [-0.1, -0.05) is 26.8 Å². The van der Waals surface area contributed by atoms with Crippen LogP contribution in [0.25, 0.3) is 0 Å². The van der Waals surface area contributed by atoms with E-state index in [1.165, 1.54) is 12.1 Å². The van der Waals surface area contributed by atoms with Gasteiger partial charge in [0.25, 0.3) is 0 Å². The van der Waals surface area contributed by atoms with Gasteiger partial charge in [-0.3, -0.25) is 0 Å². The van der Waals surface area contributed by atoms with Crippen molar-refractivity contribution in [3.8, 4) is 5.75 Å². The third kappa shape index (κ3) is 5.41. The minimum atomic E-state index is -4.66. The van der Waals surface area contributed by atoms with Crippen molar-refractivity contribution in [2.24, 2.45) is 5.73 Å². The number of benzene rings is 1. The molecule has 0 aromatic heterocycles. The lowest BCUT2D eigenvalue weighted by Gasteiger charge is -2.24. The predicted octanol–water partition coefficient (Wildman–Crippen LogP) is 4.16. The summed E-state index contributed by atoms with van der Waals surface area (Å²) in [6.45, 7) is 6.56. The summed E-state index contributed by atoms with van der Waals surface area (Å²) in [6.07, 6.45) is -2.00. The molecule has 20 heavy (non-hydrogen) atoms. The van der Waals surface area contributed by atoms with Crippen LogP contribution in [0.3, 0.4) is 0 Å². The van der Waals surface area contributed by atoms with E-state index in [4.69, 9.17) is 5.73 Å². The van der Waals surface area contributed by atoms with Gasteiger partial charge in [0.05, 0.1) is 0 Å². The molecule has 0 radical (unpaired) electrons. The Morgan fingerprint density at radius 2 is 1.75 bits per heavy atom. The fourth-order valence-corrected chi connectivity index (χ4v) is 2.13. The van der Waals surface area contributed by atoms with Crippen molar-refractivity contribution in [3.05, 3.63) is 29.3 Å². The first kappa shape index (κ1) is 16.8. The highest BCUT2D eigenvalue weighted by molar-refractivity contribution is 5.40. The van der Waals surface area contributed by atoms with Crippen LogP contribution in [0.15, 0.2) is 18.2 Å². The Balaban J connectivity index is 3.01. The molecule has 0 unspecified atom stereocenters. The van der Waals surface area contributed by atoms with Crippen LogP contribution in [0.2, 0.25) is 0 Å². The zero-order chi connectivity index (χ0) is 15.4. The van der Waals surface area contributed by atoms with Gasteiger partial charge < -0.3 is 10.5 Å². The molecule has 5 heteroatoms. The molecule has 0 saturated heterocycles. The van der Waals surface area contributed by atoms with Gasteiger partial charge in [0, 0.05) is 0 Å². The van der Waals surface area contributed by atoms with Crippen LogP contribution < -0.4 is 10.5 Å². The molecule has 0 heterocycles. The Morgan fingerprint density at radius 1 is 1.10 bits per heavy atom. The third-order valence-corrected chi connectivity index (χ3v) is 3.02. The lowest BCUT2D eigenvalue weighted by atomic mass is 9.82. The molecule has 0 aliphatic rings. The largest absolute Gasteiger partial charge is 0.573 e. The molecule has 0 fully saturated rings. The highest BCUT2D eigenvalue weighted by Gasteiger charge is 2.31. The second-order valence-electron chi connectivity index (χ2n) is 5.86. The molecular formula is C15H22F3NO. The van der Waals surface area contributed by atoms with Crippen molar-refractivity contribution in [3.63, 3.8) is 0 Å². The maximum atomic E-state index is 12.3. The quantitative estimate of drug-likeness (QED) is 0.826. The molecule has 1 aromatic carbocycles. The third-order valence-electron chi connectivity index (χ3n) is 3.02. The van der Waals surface area contributed by atoms with E-state index in [1.807, 2.05) is 20.8 Å². The monoisotopic (exact) mass is 289 g/mol. The SMILES string of the molecule is CC(C)(C)c1cc(OC(F)(F)F)ccc1CCCCN. The Kier molecular flexibility index (Phi) is 5.45. The lowest BCUT2D eigenvalue weighted by Crippen LogP contribution is -2.19. The Hall–Kier alpha value is -1.23. The molecular weight excluding hydrogens is 267 g/mol. The highest BCUT2D eigenvalue weighted by atomic mass is 19.4. The maximum absolute atomic E-state index is 12.3. The lowest BCUT2D eigenvalue weighted by molar-refractivity contribution is -0.274. The van der Waals surface area contributed by atoms with Crippen molar-refractivity contribution in [1.82, 2.24) is 0 Å². The van der Waals surface area contributed by atoms with Gasteiger partial charge in [-0.2, -0.15) is 0 Å². The summed E-state index contributed by atoms with van der Waals surface area (Å²) >= 11 is 0. The summed E-state index contributed by atoms with van der Waals surface area (Å²) in [7, 11) is 0. The number of aryl methyl sites for hydroxylation is 1. The minimum Gasteiger partial charge on any atom is -0.406 e. The molecule has 0 aliphatic heterocycles. The van der Waals surface area contributed by atoms with Gasteiger partial charge in [0.1, 0.15) is 5.75 Å². The van der Waals surface area contributed by atoms with Gasteiger partial charge in [-0.15, -0.1) is 13.2 Å². The summed E-state index contributed by atoms with van der Waals surface area (Å²) in [5, 5.41) is 0. The molecule has 1 rings (SSSR count). The molecule has 0 atom stereocenters. The Morgan fingerprint density at radius 3 is 2.25 bits per heavy atom. The van der Waals surface area contributed by atoms with Gasteiger partial charge in [0.2, 0.25) is 0 Å². The standard InChI is InChI=1S/C15H22F3NO/c1-14(2,3)13-10-12(20-15(16,17)18)8-7-11(13)6-4-5-9-19/h7-8,10H,4-6,9,19H2,1-3H3. The second kappa shape index (κ2) is 6.48. The average molecular weight is 289 g/mol.